The van der Waals surface area contributed by atoms with Gasteiger partial charge in [0.15, 0.2) is 6.39 Å². The van der Waals surface area contributed by atoms with Crippen molar-refractivity contribution in [3.63, 3.8) is 0 Å². The summed E-state index contributed by atoms with van der Waals surface area (Å²) in [6.07, 6.45) is 1.10. The molecule has 0 aliphatic heterocycles. The fraction of sp³-hybridized carbons (Fsp3) is 0. The van der Waals surface area contributed by atoms with Crippen LogP contribution in [0.15, 0.2) is 83.6 Å². The van der Waals surface area contributed by atoms with Gasteiger partial charge in [-0.2, -0.15) is 0 Å². The molecule has 0 aliphatic carbocycles. The van der Waals surface area contributed by atoms with Crippen molar-refractivity contribution in [2.75, 3.05) is 0 Å². The van der Waals surface area contributed by atoms with Crippen LogP contribution in [0.2, 0.25) is 0 Å². The number of aromatic hydroxyl groups is 1. The maximum atomic E-state index is 13.3. The molecule has 32 heavy (non-hydrogen) atoms. The van der Waals surface area contributed by atoms with Gasteiger partial charge in [0.05, 0.1) is 4.88 Å². The lowest BCUT2D eigenvalue weighted by atomic mass is 9.97. The molecule has 7 heteroatoms. The molecule has 0 unspecified atom stereocenters. The Hall–Kier alpha value is -4.23. The van der Waals surface area contributed by atoms with Crippen molar-refractivity contribution in [3.8, 4) is 28.1 Å². The first-order chi connectivity index (χ1) is 15.5. The summed E-state index contributed by atoms with van der Waals surface area (Å²) in [5.74, 6) is -1.39. The number of phenolic OH excluding ortho intramolecular Hbond substituents is 1. The quantitative estimate of drug-likeness (QED) is 0.331. The van der Waals surface area contributed by atoms with Crippen LogP contribution in [0.3, 0.4) is 0 Å². The molecule has 0 amide bonds. The SMILES string of the molecule is O=C(O)c1ocnc1-c1ccc(-c2c(C(=O)c3ccccc3)sc3cc(O)ccc23)cc1. The Kier molecular flexibility index (Phi) is 4.80. The van der Waals surface area contributed by atoms with Crippen molar-refractivity contribution in [2.45, 2.75) is 0 Å². The second kappa shape index (κ2) is 7.79. The molecule has 0 fully saturated rings. The van der Waals surface area contributed by atoms with Crippen molar-refractivity contribution in [1.82, 2.24) is 4.98 Å². The average Bonchev–Trinajstić information content (AvgIpc) is 3.44. The average molecular weight is 441 g/mol. The summed E-state index contributed by atoms with van der Waals surface area (Å²) in [6, 6.07) is 21.2. The van der Waals surface area contributed by atoms with Crippen LogP contribution < -0.4 is 0 Å². The van der Waals surface area contributed by atoms with Crippen molar-refractivity contribution in [3.05, 3.63) is 95.4 Å². The number of rotatable bonds is 5. The lowest BCUT2D eigenvalue weighted by Crippen LogP contribution is -2.00. The number of hydrogen-bond donors (Lipinski definition) is 2. The number of ketones is 1. The number of carboxylic acids is 1. The molecule has 2 N–H and O–H groups in total. The highest BCUT2D eigenvalue weighted by Crippen LogP contribution is 2.41. The summed E-state index contributed by atoms with van der Waals surface area (Å²) < 4.78 is 5.77. The lowest BCUT2D eigenvalue weighted by Gasteiger charge is -2.07. The van der Waals surface area contributed by atoms with E-state index in [1.807, 2.05) is 30.3 Å². The zero-order chi connectivity index (χ0) is 22.2. The molecule has 3 aromatic carbocycles. The van der Waals surface area contributed by atoms with E-state index in [2.05, 4.69) is 4.98 Å². The molecule has 0 bridgehead atoms. The lowest BCUT2D eigenvalue weighted by molar-refractivity contribution is 0.0663. The Morgan fingerprint density at radius 1 is 0.906 bits per heavy atom. The minimum absolute atomic E-state index is 0.102. The minimum Gasteiger partial charge on any atom is -0.508 e. The van der Waals surface area contributed by atoms with E-state index in [4.69, 9.17) is 4.42 Å². The summed E-state index contributed by atoms with van der Waals surface area (Å²) >= 11 is 1.33. The predicted molar refractivity (Wildman–Crippen MR) is 121 cm³/mol. The van der Waals surface area contributed by atoms with Gasteiger partial charge >= 0.3 is 5.97 Å². The van der Waals surface area contributed by atoms with Gasteiger partial charge in [0.25, 0.3) is 0 Å². The van der Waals surface area contributed by atoms with Crippen molar-refractivity contribution in [2.24, 2.45) is 0 Å². The molecule has 0 atom stereocenters. The summed E-state index contributed by atoms with van der Waals surface area (Å²) in [7, 11) is 0. The highest BCUT2D eigenvalue weighted by atomic mass is 32.1. The van der Waals surface area contributed by atoms with Gasteiger partial charge in [0, 0.05) is 26.8 Å². The molecule has 2 aromatic heterocycles. The second-order valence-corrected chi connectivity index (χ2v) is 8.15. The molecule has 2 heterocycles. The number of oxazole rings is 1. The molecular weight excluding hydrogens is 426 g/mol. The van der Waals surface area contributed by atoms with Crippen LogP contribution in [0, 0.1) is 0 Å². The Morgan fingerprint density at radius 3 is 2.34 bits per heavy atom. The minimum atomic E-state index is -1.19. The number of carbonyl (C=O) groups is 2. The van der Waals surface area contributed by atoms with E-state index in [9.17, 15) is 19.8 Å². The molecule has 5 aromatic rings. The van der Waals surface area contributed by atoms with Gasteiger partial charge < -0.3 is 14.6 Å². The first-order valence-electron chi connectivity index (χ1n) is 9.66. The summed E-state index contributed by atoms with van der Waals surface area (Å²) in [4.78, 5) is 29.3. The van der Waals surface area contributed by atoms with Crippen LogP contribution in [-0.2, 0) is 0 Å². The van der Waals surface area contributed by atoms with Crippen molar-refractivity contribution >= 4 is 33.2 Å². The van der Waals surface area contributed by atoms with Gasteiger partial charge in [-0.05, 0) is 23.8 Å². The summed E-state index contributed by atoms with van der Waals surface area (Å²) in [5.41, 5.74) is 2.97. The molecule has 6 nitrogen and oxygen atoms in total. The zero-order valence-corrected chi connectivity index (χ0v) is 17.3. The fourth-order valence-electron chi connectivity index (χ4n) is 3.65. The van der Waals surface area contributed by atoms with E-state index < -0.39 is 5.97 Å². The number of hydrogen-bond acceptors (Lipinski definition) is 6. The van der Waals surface area contributed by atoms with E-state index in [1.54, 1.807) is 42.5 Å². The molecule has 0 radical (unpaired) electrons. The highest BCUT2D eigenvalue weighted by Gasteiger charge is 2.22. The monoisotopic (exact) mass is 441 g/mol. The first-order valence-corrected chi connectivity index (χ1v) is 10.5. The van der Waals surface area contributed by atoms with Gasteiger partial charge in [-0.15, -0.1) is 11.3 Å². The predicted octanol–water partition coefficient (Wildman–Crippen LogP) is 5.86. The summed E-state index contributed by atoms with van der Waals surface area (Å²) in [6.45, 7) is 0. The van der Waals surface area contributed by atoms with Gasteiger partial charge in [-0.25, -0.2) is 9.78 Å². The number of aromatic carboxylic acids is 1. The maximum absolute atomic E-state index is 13.3. The standard InChI is InChI=1S/C25H15NO5S/c27-17-10-11-18-19(12-17)32-24(22(28)16-4-2-1-3-5-16)20(18)14-6-8-15(9-7-14)21-23(25(29)30)31-13-26-21/h1-13,27H,(H,29,30). The van der Waals surface area contributed by atoms with E-state index >= 15 is 0 Å². The number of carbonyl (C=O) groups excluding carboxylic acids is 1. The third-order valence-corrected chi connectivity index (χ3v) is 6.28. The van der Waals surface area contributed by atoms with Crippen LogP contribution in [0.25, 0.3) is 32.5 Å². The van der Waals surface area contributed by atoms with Crippen LogP contribution >= 0.6 is 11.3 Å². The van der Waals surface area contributed by atoms with Crippen LogP contribution in [-0.4, -0.2) is 26.9 Å². The third kappa shape index (κ3) is 3.34. The van der Waals surface area contributed by atoms with Crippen molar-refractivity contribution < 1.29 is 24.2 Å². The number of carboxylic acid groups (broad SMARTS) is 1. The highest BCUT2D eigenvalue weighted by molar-refractivity contribution is 7.21. The normalized spacial score (nSPS) is 11.0. The Balaban J connectivity index is 1.65. The van der Waals surface area contributed by atoms with Crippen LogP contribution in [0.1, 0.15) is 25.8 Å². The van der Waals surface area contributed by atoms with E-state index in [0.29, 0.717) is 16.0 Å². The number of fused-ring (bicyclic) bond motifs is 1. The Bertz CT molecular complexity index is 1470. The first kappa shape index (κ1) is 19.7. The summed E-state index contributed by atoms with van der Waals surface area (Å²) in [5, 5.41) is 20.1. The fourth-order valence-corrected chi connectivity index (χ4v) is 4.87. The van der Waals surface area contributed by atoms with E-state index in [1.165, 1.54) is 11.3 Å². The topological polar surface area (TPSA) is 101 Å². The second-order valence-electron chi connectivity index (χ2n) is 7.09. The molecule has 0 aliphatic rings. The van der Waals surface area contributed by atoms with Crippen molar-refractivity contribution in [1.29, 1.82) is 0 Å². The number of aromatic nitrogens is 1. The van der Waals surface area contributed by atoms with Gasteiger partial charge in [0.2, 0.25) is 11.5 Å². The number of nitrogens with zero attached hydrogens (tertiary/aromatic N) is 1. The van der Waals surface area contributed by atoms with Gasteiger partial charge in [0.1, 0.15) is 11.4 Å². The molecule has 0 spiro atoms. The third-order valence-electron chi connectivity index (χ3n) is 5.12. The maximum Gasteiger partial charge on any atom is 0.374 e. The Labute approximate surface area is 186 Å². The number of thiophene rings is 1. The largest absolute Gasteiger partial charge is 0.508 e. The van der Waals surface area contributed by atoms with Crippen LogP contribution in [0.4, 0.5) is 0 Å². The molecule has 0 saturated carbocycles. The molecule has 156 valence electrons. The van der Waals surface area contributed by atoms with Gasteiger partial charge in [-0.1, -0.05) is 54.6 Å². The van der Waals surface area contributed by atoms with Crippen LogP contribution in [0.5, 0.6) is 5.75 Å². The number of phenols is 1. The smallest absolute Gasteiger partial charge is 0.374 e. The molecule has 5 rings (SSSR count). The van der Waals surface area contributed by atoms with E-state index in [-0.39, 0.29) is 23.0 Å². The van der Waals surface area contributed by atoms with Gasteiger partial charge in [-0.3, -0.25) is 4.79 Å². The zero-order valence-electron chi connectivity index (χ0n) is 16.5. The number of benzene rings is 3. The molecular formula is C25H15NO5S. The molecule has 0 saturated heterocycles. The Morgan fingerprint density at radius 2 is 1.62 bits per heavy atom. The van der Waals surface area contributed by atoms with E-state index in [0.717, 1.165) is 27.6 Å².